The van der Waals surface area contributed by atoms with Crippen molar-refractivity contribution < 1.29 is 9.47 Å². The van der Waals surface area contributed by atoms with Gasteiger partial charge in [-0.15, -0.1) is 12.4 Å². The van der Waals surface area contributed by atoms with Gasteiger partial charge in [0.1, 0.15) is 17.5 Å². The molecule has 130 valence electrons. The number of halogens is 1. The van der Waals surface area contributed by atoms with Crippen molar-refractivity contribution >= 4 is 12.4 Å². The Bertz CT molecular complexity index is 604. The summed E-state index contributed by atoms with van der Waals surface area (Å²) >= 11 is 0. The summed E-state index contributed by atoms with van der Waals surface area (Å²) in [6.45, 7) is 7.77. The van der Waals surface area contributed by atoms with E-state index in [9.17, 15) is 0 Å². The molecule has 1 aliphatic heterocycles. The first-order valence-corrected chi connectivity index (χ1v) is 8.25. The lowest BCUT2D eigenvalue weighted by atomic mass is 9.99. The fourth-order valence-corrected chi connectivity index (χ4v) is 2.97. The molecule has 1 saturated heterocycles. The van der Waals surface area contributed by atoms with Crippen LogP contribution in [0.3, 0.4) is 0 Å². The molecular weight excluding hydrogens is 322 g/mol. The van der Waals surface area contributed by atoms with Gasteiger partial charge in [-0.25, -0.2) is 0 Å². The minimum absolute atomic E-state index is 0. The molecule has 0 N–H and O–H groups in total. The Kier molecular flexibility index (Phi) is 6.67. The highest BCUT2D eigenvalue weighted by atomic mass is 35.5. The summed E-state index contributed by atoms with van der Waals surface area (Å²) in [7, 11) is 0. The van der Waals surface area contributed by atoms with Crippen molar-refractivity contribution in [1.29, 1.82) is 0 Å². The largest absolute Gasteiger partial charge is 0.485 e. The minimum Gasteiger partial charge on any atom is -0.485 e. The minimum atomic E-state index is -0.364. The Morgan fingerprint density at radius 2 is 1.67 bits per heavy atom. The van der Waals surface area contributed by atoms with Gasteiger partial charge in [-0.3, -0.25) is 4.90 Å². The van der Waals surface area contributed by atoms with Gasteiger partial charge in [0, 0.05) is 19.6 Å². The Balaban J connectivity index is 0.00000208. The number of hydrogen-bond acceptors (Lipinski definition) is 3. The molecule has 3 rings (SSSR count). The van der Waals surface area contributed by atoms with Crippen molar-refractivity contribution in [1.82, 2.24) is 4.90 Å². The van der Waals surface area contributed by atoms with Gasteiger partial charge in [0.2, 0.25) is 0 Å². The highest BCUT2D eigenvalue weighted by Crippen LogP contribution is 2.25. The zero-order valence-corrected chi connectivity index (χ0v) is 15.2. The predicted octanol–water partition coefficient (Wildman–Crippen LogP) is 4.17. The summed E-state index contributed by atoms with van der Waals surface area (Å²) in [4.78, 5) is 2.44. The Hall–Kier alpha value is -1.55. The van der Waals surface area contributed by atoms with Crippen LogP contribution in [0.1, 0.15) is 19.4 Å². The molecule has 0 radical (unpaired) electrons. The van der Waals surface area contributed by atoms with Crippen LogP contribution >= 0.6 is 12.4 Å². The Morgan fingerprint density at radius 3 is 2.33 bits per heavy atom. The van der Waals surface area contributed by atoms with E-state index in [4.69, 9.17) is 9.47 Å². The molecule has 0 amide bonds. The molecular formula is C20H26ClNO2. The number of para-hydroxylation sites is 1. The van der Waals surface area contributed by atoms with Crippen LogP contribution in [-0.4, -0.2) is 36.3 Å². The molecule has 1 aliphatic rings. The monoisotopic (exact) mass is 347 g/mol. The van der Waals surface area contributed by atoms with Gasteiger partial charge < -0.3 is 9.47 Å². The van der Waals surface area contributed by atoms with Crippen LogP contribution in [0.2, 0.25) is 0 Å². The van der Waals surface area contributed by atoms with Gasteiger partial charge in [-0.2, -0.15) is 0 Å². The number of hydrogen-bond donors (Lipinski definition) is 0. The summed E-state index contributed by atoms with van der Waals surface area (Å²) < 4.78 is 12.2. The first-order valence-electron chi connectivity index (χ1n) is 8.25. The Labute approximate surface area is 151 Å². The fourth-order valence-electron chi connectivity index (χ4n) is 2.97. The van der Waals surface area contributed by atoms with Crippen LogP contribution in [0, 0.1) is 0 Å². The van der Waals surface area contributed by atoms with Crippen molar-refractivity contribution in [2.24, 2.45) is 0 Å². The zero-order valence-electron chi connectivity index (χ0n) is 14.4. The molecule has 1 heterocycles. The molecule has 1 atom stereocenters. The second-order valence-corrected chi connectivity index (χ2v) is 6.60. The lowest BCUT2D eigenvalue weighted by Gasteiger charge is -2.41. The maximum absolute atomic E-state index is 6.19. The highest BCUT2D eigenvalue weighted by molar-refractivity contribution is 5.85. The number of ether oxygens (including phenoxy) is 2. The van der Waals surface area contributed by atoms with Crippen molar-refractivity contribution in [3.63, 3.8) is 0 Å². The number of morpholine rings is 1. The second kappa shape index (κ2) is 8.52. The summed E-state index contributed by atoms with van der Waals surface area (Å²) in [5, 5.41) is 0. The first kappa shape index (κ1) is 18.8. The van der Waals surface area contributed by atoms with E-state index in [-0.39, 0.29) is 24.1 Å². The summed E-state index contributed by atoms with van der Waals surface area (Å²) in [5.41, 5.74) is 0.978. The third-order valence-electron chi connectivity index (χ3n) is 4.30. The van der Waals surface area contributed by atoms with E-state index in [0.717, 1.165) is 32.0 Å². The number of benzene rings is 2. The van der Waals surface area contributed by atoms with E-state index in [0.29, 0.717) is 0 Å². The molecule has 0 saturated carbocycles. The molecule has 0 aromatic heterocycles. The maximum atomic E-state index is 6.19. The highest BCUT2D eigenvalue weighted by Gasteiger charge is 2.36. The molecule has 0 bridgehead atoms. The van der Waals surface area contributed by atoms with E-state index >= 15 is 0 Å². The lowest BCUT2D eigenvalue weighted by molar-refractivity contribution is -0.117. The zero-order chi connectivity index (χ0) is 16.1. The summed E-state index contributed by atoms with van der Waals surface area (Å²) in [5.74, 6) is 0.890. The van der Waals surface area contributed by atoms with Gasteiger partial charge in [-0.1, -0.05) is 48.5 Å². The van der Waals surface area contributed by atoms with Crippen LogP contribution in [0.25, 0.3) is 0 Å². The molecule has 0 aliphatic carbocycles. The van der Waals surface area contributed by atoms with Gasteiger partial charge in [0.15, 0.2) is 0 Å². The SMILES string of the molecule is CC(C)(Oc1ccccc1)C1CN(Cc2ccccc2)CCO1.Cl. The summed E-state index contributed by atoms with van der Waals surface area (Å²) in [6, 6.07) is 20.6. The van der Waals surface area contributed by atoms with Crippen LogP contribution in [-0.2, 0) is 11.3 Å². The molecule has 1 fully saturated rings. The van der Waals surface area contributed by atoms with Crippen LogP contribution < -0.4 is 4.74 Å². The maximum Gasteiger partial charge on any atom is 0.131 e. The predicted molar refractivity (Wildman–Crippen MR) is 99.9 cm³/mol. The van der Waals surface area contributed by atoms with Crippen molar-refractivity contribution in [2.45, 2.75) is 32.1 Å². The third kappa shape index (κ3) is 4.97. The fraction of sp³-hybridized carbons (Fsp3) is 0.400. The van der Waals surface area contributed by atoms with Crippen LogP contribution in [0.5, 0.6) is 5.75 Å². The molecule has 4 heteroatoms. The Morgan fingerprint density at radius 1 is 1.04 bits per heavy atom. The van der Waals surface area contributed by atoms with Crippen LogP contribution in [0.4, 0.5) is 0 Å². The topological polar surface area (TPSA) is 21.7 Å². The number of nitrogens with zero attached hydrogens (tertiary/aromatic N) is 1. The lowest BCUT2D eigenvalue weighted by Crippen LogP contribution is -2.54. The smallest absolute Gasteiger partial charge is 0.131 e. The first-order chi connectivity index (χ1) is 11.1. The summed E-state index contributed by atoms with van der Waals surface area (Å²) in [6.07, 6.45) is 0.0557. The molecule has 1 unspecified atom stereocenters. The van der Waals surface area contributed by atoms with E-state index in [2.05, 4.69) is 49.1 Å². The third-order valence-corrected chi connectivity index (χ3v) is 4.30. The molecule has 2 aromatic rings. The quantitative estimate of drug-likeness (QED) is 0.810. The van der Waals surface area contributed by atoms with E-state index in [1.54, 1.807) is 0 Å². The van der Waals surface area contributed by atoms with Crippen LogP contribution in [0.15, 0.2) is 60.7 Å². The van der Waals surface area contributed by atoms with Gasteiger partial charge in [0.25, 0.3) is 0 Å². The molecule has 24 heavy (non-hydrogen) atoms. The molecule has 2 aromatic carbocycles. The van der Waals surface area contributed by atoms with E-state index < -0.39 is 0 Å². The van der Waals surface area contributed by atoms with Gasteiger partial charge >= 0.3 is 0 Å². The van der Waals surface area contributed by atoms with Gasteiger partial charge in [-0.05, 0) is 31.5 Å². The van der Waals surface area contributed by atoms with Crippen molar-refractivity contribution in [3.05, 3.63) is 66.2 Å². The molecule has 0 spiro atoms. The van der Waals surface area contributed by atoms with Crippen molar-refractivity contribution in [2.75, 3.05) is 19.7 Å². The van der Waals surface area contributed by atoms with E-state index in [1.807, 2.05) is 30.3 Å². The van der Waals surface area contributed by atoms with Gasteiger partial charge in [0.05, 0.1) is 6.61 Å². The normalized spacial score (nSPS) is 18.7. The average molecular weight is 348 g/mol. The number of rotatable bonds is 5. The molecule has 3 nitrogen and oxygen atoms in total. The standard InChI is InChI=1S/C20H25NO2.ClH/c1-20(2,23-18-11-7-4-8-12-18)19-16-21(13-14-22-19)15-17-9-5-3-6-10-17;/h3-12,19H,13-16H2,1-2H3;1H. The average Bonchev–Trinajstić information content (AvgIpc) is 2.57. The second-order valence-electron chi connectivity index (χ2n) is 6.60. The van der Waals surface area contributed by atoms with Crippen molar-refractivity contribution in [3.8, 4) is 5.75 Å². The van der Waals surface area contributed by atoms with E-state index in [1.165, 1.54) is 5.56 Å².